The number of carbonyl (C=O) groups is 1. The predicted octanol–water partition coefficient (Wildman–Crippen LogP) is 4.40. The summed E-state index contributed by atoms with van der Waals surface area (Å²) in [5.41, 5.74) is 1.85. The Bertz CT molecular complexity index is 787. The van der Waals surface area contributed by atoms with Crippen molar-refractivity contribution in [3.63, 3.8) is 0 Å². The van der Waals surface area contributed by atoms with E-state index < -0.39 is 0 Å². The summed E-state index contributed by atoms with van der Waals surface area (Å²) in [6.07, 6.45) is 3.87. The molecule has 1 amide bonds. The third kappa shape index (κ3) is 3.56. The van der Waals surface area contributed by atoms with Crippen molar-refractivity contribution in [2.24, 2.45) is 0 Å². The molecule has 1 aromatic heterocycles. The maximum Gasteiger partial charge on any atom is 0.266 e. The Morgan fingerprint density at radius 2 is 2.15 bits per heavy atom. The molecule has 1 aromatic carbocycles. The average Bonchev–Trinajstić information content (AvgIpc) is 3.27. The monoisotopic (exact) mass is 374 g/mol. The Hall–Kier alpha value is -2.08. The first-order chi connectivity index (χ1) is 12.6. The number of aryl methyl sites for hydroxylation is 2. The van der Waals surface area contributed by atoms with Gasteiger partial charge in [0.15, 0.2) is 0 Å². The first kappa shape index (κ1) is 18.7. The number of thiazole rings is 1. The molecule has 0 radical (unpaired) electrons. The van der Waals surface area contributed by atoms with E-state index in [-0.39, 0.29) is 11.9 Å². The molecule has 0 saturated carbocycles. The Morgan fingerprint density at radius 1 is 1.35 bits per heavy atom. The van der Waals surface area contributed by atoms with Crippen LogP contribution < -0.4 is 9.47 Å². The Labute approximate surface area is 159 Å². The fourth-order valence-electron chi connectivity index (χ4n) is 3.53. The van der Waals surface area contributed by atoms with Crippen LogP contribution in [-0.2, 0) is 6.42 Å². The van der Waals surface area contributed by atoms with E-state index in [4.69, 9.17) is 9.47 Å². The number of rotatable bonds is 6. The number of amides is 1. The number of hydrogen-bond donors (Lipinski definition) is 0. The second kappa shape index (κ2) is 8.08. The molecule has 6 heteroatoms. The van der Waals surface area contributed by atoms with E-state index >= 15 is 0 Å². The number of carbonyl (C=O) groups excluding carboxylic acids is 1. The normalized spacial score (nSPS) is 16.8. The van der Waals surface area contributed by atoms with Crippen LogP contribution in [-0.4, -0.2) is 36.6 Å². The molecule has 1 saturated heterocycles. The van der Waals surface area contributed by atoms with Crippen molar-refractivity contribution in [3.05, 3.63) is 39.3 Å². The zero-order valence-electron chi connectivity index (χ0n) is 15.9. The van der Waals surface area contributed by atoms with Crippen LogP contribution in [0.3, 0.4) is 0 Å². The van der Waals surface area contributed by atoms with Gasteiger partial charge in [0.2, 0.25) is 0 Å². The van der Waals surface area contributed by atoms with Crippen LogP contribution in [0.25, 0.3) is 0 Å². The molecule has 0 N–H and O–H groups in total. The van der Waals surface area contributed by atoms with Crippen LogP contribution in [0.1, 0.15) is 58.2 Å². The lowest BCUT2D eigenvalue weighted by molar-refractivity contribution is 0.0738. The van der Waals surface area contributed by atoms with Crippen LogP contribution in [0.2, 0.25) is 0 Å². The van der Waals surface area contributed by atoms with Gasteiger partial charge in [-0.2, -0.15) is 0 Å². The molecule has 2 heterocycles. The fourth-order valence-corrected chi connectivity index (χ4v) is 4.66. The van der Waals surface area contributed by atoms with Crippen molar-refractivity contribution in [1.82, 2.24) is 9.88 Å². The molecular formula is C20H26N2O3S. The van der Waals surface area contributed by atoms with Gasteiger partial charge in [0.1, 0.15) is 16.4 Å². The van der Waals surface area contributed by atoms with Gasteiger partial charge in [0.05, 0.1) is 31.0 Å². The largest absolute Gasteiger partial charge is 0.497 e. The highest BCUT2D eigenvalue weighted by molar-refractivity contribution is 7.13. The molecule has 0 unspecified atom stereocenters. The van der Waals surface area contributed by atoms with Crippen LogP contribution in [0.4, 0.5) is 0 Å². The number of likely N-dealkylation sites (tertiary alicyclic amines) is 1. The Kier molecular flexibility index (Phi) is 5.81. The van der Waals surface area contributed by atoms with Gasteiger partial charge in [0.25, 0.3) is 5.91 Å². The molecule has 1 aliphatic rings. The molecule has 0 bridgehead atoms. The topological polar surface area (TPSA) is 51.7 Å². The summed E-state index contributed by atoms with van der Waals surface area (Å²) in [7, 11) is 3.32. The number of nitrogens with zero attached hydrogens (tertiary/aromatic N) is 2. The van der Waals surface area contributed by atoms with E-state index in [9.17, 15) is 4.79 Å². The van der Waals surface area contributed by atoms with Gasteiger partial charge in [-0.1, -0.05) is 6.92 Å². The summed E-state index contributed by atoms with van der Waals surface area (Å²) >= 11 is 1.54. The van der Waals surface area contributed by atoms with Crippen molar-refractivity contribution in [1.29, 1.82) is 0 Å². The summed E-state index contributed by atoms with van der Waals surface area (Å²) in [6.45, 7) is 4.81. The first-order valence-corrected chi connectivity index (χ1v) is 9.89. The molecule has 0 aliphatic carbocycles. The van der Waals surface area contributed by atoms with Gasteiger partial charge >= 0.3 is 0 Å². The zero-order chi connectivity index (χ0) is 18.7. The van der Waals surface area contributed by atoms with Crippen LogP contribution in [0.15, 0.2) is 18.2 Å². The summed E-state index contributed by atoms with van der Waals surface area (Å²) in [4.78, 5) is 20.6. The number of methoxy groups -OCH3 is 2. The van der Waals surface area contributed by atoms with Gasteiger partial charge in [-0.05, 0) is 50.8 Å². The third-order valence-corrected chi connectivity index (χ3v) is 6.01. The maximum absolute atomic E-state index is 13.2. The lowest BCUT2D eigenvalue weighted by atomic mass is 10.0. The molecule has 1 aliphatic heterocycles. The second-order valence-corrected chi connectivity index (χ2v) is 7.62. The highest BCUT2D eigenvalue weighted by atomic mass is 32.1. The SMILES string of the molecule is CCCc1nc(C)c(C(=O)N2CCC[C@H]2c2cc(OC)ccc2OC)s1. The maximum atomic E-state index is 13.2. The number of aromatic nitrogens is 1. The standard InChI is InChI=1S/C20H26N2O3S/c1-5-7-18-21-13(2)19(26-18)20(23)22-11-6-8-16(22)15-12-14(24-3)9-10-17(15)25-4/h9-10,12,16H,5-8,11H2,1-4H3/t16-/m0/s1. The summed E-state index contributed by atoms with van der Waals surface area (Å²) < 4.78 is 10.9. The fraction of sp³-hybridized carbons (Fsp3) is 0.500. The van der Waals surface area contributed by atoms with E-state index in [2.05, 4.69) is 11.9 Å². The zero-order valence-corrected chi connectivity index (χ0v) is 16.7. The number of hydrogen-bond acceptors (Lipinski definition) is 5. The Balaban J connectivity index is 1.92. The van der Waals surface area contributed by atoms with Crippen LogP contribution in [0, 0.1) is 6.92 Å². The molecule has 5 nitrogen and oxygen atoms in total. The second-order valence-electron chi connectivity index (χ2n) is 6.54. The summed E-state index contributed by atoms with van der Waals surface area (Å²) in [5.74, 6) is 1.65. The summed E-state index contributed by atoms with van der Waals surface area (Å²) in [6, 6.07) is 5.78. The molecule has 1 fully saturated rings. The Morgan fingerprint density at radius 3 is 2.85 bits per heavy atom. The van der Waals surface area contributed by atoms with Crippen molar-refractivity contribution in [2.75, 3.05) is 20.8 Å². The van der Waals surface area contributed by atoms with Crippen LogP contribution >= 0.6 is 11.3 Å². The predicted molar refractivity (Wildman–Crippen MR) is 103 cm³/mol. The van der Waals surface area contributed by atoms with E-state index in [0.717, 1.165) is 64.9 Å². The van der Waals surface area contributed by atoms with Crippen molar-refractivity contribution in [3.8, 4) is 11.5 Å². The molecule has 140 valence electrons. The van der Waals surface area contributed by atoms with Gasteiger partial charge in [-0.3, -0.25) is 4.79 Å². The molecular weight excluding hydrogens is 348 g/mol. The minimum absolute atomic E-state index is 0.00340. The molecule has 3 rings (SSSR count). The van der Waals surface area contributed by atoms with Crippen molar-refractivity contribution >= 4 is 17.2 Å². The van der Waals surface area contributed by atoms with Crippen molar-refractivity contribution in [2.45, 2.75) is 45.6 Å². The summed E-state index contributed by atoms with van der Waals surface area (Å²) in [5, 5.41) is 1.04. The minimum Gasteiger partial charge on any atom is -0.497 e. The van der Waals surface area contributed by atoms with E-state index in [1.54, 1.807) is 14.2 Å². The minimum atomic E-state index is 0.00340. The molecule has 1 atom stereocenters. The van der Waals surface area contributed by atoms with E-state index in [1.165, 1.54) is 11.3 Å². The van der Waals surface area contributed by atoms with E-state index in [1.807, 2.05) is 30.0 Å². The lowest BCUT2D eigenvalue weighted by Crippen LogP contribution is -2.30. The smallest absolute Gasteiger partial charge is 0.266 e. The lowest BCUT2D eigenvalue weighted by Gasteiger charge is -2.26. The molecule has 2 aromatic rings. The quantitative estimate of drug-likeness (QED) is 0.752. The average molecular weight is 375 g/mol. The van der Waals surface area contributed by atoms with E-state index in [0.29, 0.717) is 0 Å². The van der Waals surface area contributed by atoms with Crippen molar-refractivity contribution < 1.29 is 14.3 Å². The van der Waals surface area contributed by atoms with Crippen LogP contribution in [0.5, 0.6) is 11.5 Å². The van der Waals surface area contributed by atoms with Gasteiger partial charge in [-0.15, -0.1) is 11.3 Å². The molecule has 0 spiro atoms. The number of ether oxygens (including phenoxy) is 2. The van der Waals surface area contributed by atoms with Gasteiger partial charge in [0, 0.05) is 12.1 Å². The number of benzene rings is 1. The third-order valence-electron chi connectivity index (χ3n) is 4.81. The van der Waals surface area contributed by atoms with Gasteiger partial charge < -0.3 is 14.4 Å². The highest BCUT2D eigenvalue weighted by Gasteiger charge is 2.34. The van der Waals surface area contributed by atoms with Gasteiger partial charge in [-0.25, -0.2) is 4.98 Å². The highest BCUT2D eigenvalue weighted by Crippen LogP contribution is 2.40. The first-order valence-electron chi connectivity index (χ1n) is 9.08. The molecule has 26 heavy (non-hydrogen) atoms.